The molecule has 4 rings (SSSR count). The minimum atomic E-state index is -0.105. The van der Waals surface area contributed by atoms with Gasteiger partial charge in [0.15, 0.2) is 0 Å². The third-order valence-electron chi connectivity index (χ3n) is 4.94. The standard InChI is InChI=1S/C25H21BrN2O2/c1-30-20-10-7-17(8-11-20)13-14-27-25(29)22-16-24(18-5-3-2-4-6-18)28-23-12-9-19(26)15-21(22)23/h2-12,15-16H,13-14H2,1H3,(H,27,29). The number of methoxy groups -OCH3 is 1. The predicted molar refractivity (Wildman–Crippen MR) is 124 cm³/mol. The minimum Gasteiger partial charge on any atom is -0.497 e. The molecule has 1 heterocycles. The van der Waals surface area contributed by atoms with E-state index in [-0.39, 0.29) is 5.91 Å². The normalized spacial score (nSPS) is 10.7. The van der Waals surface area contributed by atoms with Gasteiger partial charge >= 0.3 is 0 Å². The van der Waals surface area contributed by atoms with E-state index in [1.54, 1.807) is 7.11 Å². The van der Waals surface area contributed by atoms with Crippen LogP contribution in [0.2, 0.25) is 0 Å². The summed E-state index contributed by atoms with van der Waals surface area (Å²) in [6, 6.07) is 25.5. The van der Waals surface area contributed by atoms with Crippen molar-refractivity contribution in [1.29, 1.82) is 0 Å². The number of benzene rings is 3. The number of carbonyl (C=O) groups excluding carboxylic acids is 1. The number of pyridine rings is 1. The molecule has 0 atom stereocenters. The zero-order chi connectivity index (χ0) is 20.9. The van der Waals surface area contributed by atoms with Crippen molar-refractivity contribution in [2.24, 2.45) is 0 Å². The molecule has 4 nitrogen and oxygen atoms in total. The average Bonchev–Trinajstić information content (AvgIpc) is 2.79. The quantitative estimate of drug-likeness (QED) is 0.404. The van der Waals surface area contributed by atoms with E-state index >= 15 is 0 Å². The zero-order valence-electron chi connectivity index (χ0n) is 16.6. The van der Waals surface area contributed by atoms with Crippen LogP contribution < -0.4 is 10.1 Å². The molecule has 1 amide bonds. The molecule has 0 fully saturated rings. The highest BCUT2D eigenvalue weighted by Crippen LogP contribution is 2.27. The Hall–Kier alpha value is -3.18. The van der Waals surface area contributed by atoms with Gasteiger partial charge in [-0.15, -0.1) is 0 Å². The Kier molecular flexibility index (Phi) is 6.10. The molecule has 0 aliphatic rings. The number of ether oxygens (including phenoxy) is 1. The fourth-order valence-corrected chi connectivity index (χ4v) is 3.71. The van der Waals surface area contributed by atoms with Crippen molar-refractivity contribution >= 4 is 32.7 Å². The van der Waals surface area contributed by atoms with Crippen LogP contribution in [0.15, 0.2) is 83.3 Å². The number of fused-ring (bicyclic) bond motifs is 1. The van der Waals surface area contributed by atoms with E-state index in [2.05, 4.69) is 21.2 Å². The highest BCUT2D eigenvalue weighted by atomic mass is 79.9. The van der Waals surface area contributed by atoms with Crippen LogP contribution in [-0.2, 0) is 6.42 Å². The topological polar surface area (TPSA) is 51.2 Å². The maximum Gasteiger partial charge on any atom is 0.252 e. The van der Waals surface area contributed by atoms with Gasteiger partial charge < -0.3 is 10.1 Å². The van der Waals surface area contributed by atoms with Crippen molar-refractivity contribution in [3.8, 4) is 17.0 Å². The Morgan fingerprint density at radius 3 is 2.50 bits per heavy atom. The third kappa shape index (κ3) is 4.52. The Balaban J connectivity index is 1.59. The molecule has 0 radical (unpaired) electrons. The third-order valence-corrected chi connectivity index (χ3v) is 5.44. The molecule has 30 heavy (non-hydrogen) atoms. The number of rotatable bonds is 6. The van der Waals surface area contributed by atoms with Crippen LogP contribution in [0.3, 0.4) is 0 Å². The minimum absolute atomic E-state index is 0.105. The van der Waals surface area contributed by atoms with Crippen LogP contribution in [0.4, 0.5) is 0 Å². The summed E-state index contributed by atoms with van der Waals surface area (Å²) in [4.78, 5) is 17.8. The molecule has 0 saturated carbocycles. The molecule has 0 bridgehead atoms. The van der Waals surface area contributed by atoms with Crippen molar-refractivity contribution < 1.29 is 9.53 Å². The average molecular weight is 461 g/mol. The van der Waals surface area contributed by atoms with E-state index in [0.717, 1.165) is 44.4 Å². The second-order valence-corrected chi connectivity index (χ2v) is 7.85. The molecule has 150 valence electrons. The van der Waals surface area contributed by atoms with Crippen LogP contribution in [0.25, 0.3) is 22.2 Å². The smallest absolute Gasteiger partial charge is 0.252 e. The van der Waals surface area contributed by atoms with Gasteiger partial charge in [0.25, 0.3) is 5.91 Å². The number of nitrogens with zero attached hydrogens (tertiary/aromatic N) is 1. The van der Waals surface area contributed by atoms with E-state index in [4.69, 9.17) is 9.72 Å². The van der Waals surface area contributed by atoms with Gasteiger partial charge in [-0.3, -0.25) is 4.79 Å². The van der Waals surface area contributed by atoms with E-state index in [1.165, 1.54) is 0 Å². The van der Waals surface area contributed by atoms with Gasteiger partial charge in [-0.2, -0.15) is 0 Å². The number of halogens is 1. The van der Waals surface area contributed by atoms with Gasteiger partial charge in [-0.1, -0.05) is 58.4 Å². The Morgan fingerprint density at radius 1 is 1.00 bits per heavy atom. The SMILES string of the molecule is COc1ccc(CCNC(=O)c2cc(-c3ccccc3)nc3ccc(Br)cc23)cc1. The van der Waals surface area contributed by atoms with Gasteiger partial charge in [-0.25, -0.2) is 4.98 Å². The first kappa shape index (κ1) is 20.1. The molecule has 0 saturated heterocycles. The highest BCUT2D eigenvalue weighted by molar-refractivity contribution is 9.10. The maximum atomic E-state index is 13.1. The monoisotopic (exact) mass is 460 g/mol. The fraction of sp³-hybridized carbons (Fsp3) is 0.120. The van der Waals surface area contributed by atoms with Crippen LogP contribution in [0.1, 0.15) is 15.9 Å². The number of carbonyl (C=O) groups is 1. The molecule has 1 N–H and O–H groups in total. The summed E-state index contributed by atoms with van der Waals surface area (Å²) in [6.45, 7) is 0.545. The Bertz CT molecular complexity index is 1180. The summed E-state index contributed by atoms with van der Waals surface area (Å²) in [6.07, 6.45) is 0.744. The molecule has 0 unspecified atom stereocenters. The molecule has 0 spiro atoms. The van der Waals surface area contributed by atoms with Crippen LogP contribution >= 0.6 is 15.9 Å². The second-order valence-electron chi connectivity index (χ2n) is 6.94. The molecular weight excluding hydrogens is 440 g/mol. The molecule has 1 aromatic heterocycles. The lowest BCUT2D eigenvalue weighted by molar-refractivity contribution is 0.0955. The largest absolute Gasteiger partial charge is 0.497 e. The van der Waals surface area contributed by atoms with Crippen molar-refractivity contribution in [2.75, 3.05) is 13.7 Å². The summed E-state index contributed by atoms with van der Waals surface area (Å²) in [5.74, 6) is 0.719. The van der Waals surface area contributed by atoms with E-state index in [0.29, 0.717) is 12.1 Å². The van der Waals surface area contributed by atoms with Gasteiger partial charge in [0.05, 0.1) is 23.9 Å². The molecule has 0 aliphatic heterocycles. The second kappa shape index (κ2) is 9.09. The molecule has 3 aromatic carbocycles. The van der Waals surface area contributed by atoms with Crippen LogP contribution in [0.5, 0.6) is 5.75 Å². The van der Waals surface area contributed by atoms with Crippen molar-refractivity contribution in [2.45, 2.75) is 6.42 Å². The fourth-order valence-electron chi connectivity index (χ4n) is 3.35. The Morgan fingerprint density at radius 2 is 1.77 bits per heavy atom. The Labute approximate surface area is 184 Å². The van der Waals surface area contributed by atoms with Gasteiger partial charge in [0.1, 0.15) is 5.75 Å². The van der Waals surface area contributed by atoms with E-state index in [9.17, 15) is 4.79 Å². The summed E-state index contributed by atoms with van der Waals surface area (Å²) < 4.78 is 6.10. The molecular formula is C25H21BrN2O2. The number of aromatic nitrogens is 1. The summed E-state index contributed by atoms with van der Waals surface area (Å²) >= 11 is 3.50. The number of hydrogen-bond donors (Lipinski definition) is 1. The van der Waals surface area contributed by atoms with Crippen LogP contribution in [-0.4, -0.2) is 24.5 Å². The van der Waals surface area contributed by atoms with Gasteiger partial charge in [0, 0.05) is 22.0 Å². The first-order chi connectivity index (χ1) is 14.6. The van der Waals surface area contributed by atoms with Crippen molar-refractivity contribution in [3.05, 3.63) is 94.5 Å². The van der Waals surface area contributed by atoms with Gasteiger partial charge in [-0.05, 0) is 48.4 Å². The summed E-state index contributed by atoms with van der Waals surface area (Å²) in [7, 11) is 1.65. The molecule has 0 aliphatic carbocycles. The number of amides is 1. The van der Waals surface area contributed by atoms with Gasteiger partial charge in [0.2, 0.25) is 0 Å². The number of nitrogens with one attached hydrogen (secondary N) is 1. The maximum absolute atomic E-state index is 13.1. The lowest BCUT2D eigenvalue weighted by atomic mass is 10.0. The zero-order valence-corrected chi connectivity index (χ0v) is 18.1. The van der Waals surface area contributed by atoms with Crippen molar-refractivity contribution in [3.63, 3.8) is 0 Å². The summed E-state index contributed by atoms with van der Waals surface area (Å²) in [5.41, 5.74) is 4.32. The van der Waals surface area contributed by atoms with Crippen LogP contribution in [0, 0.1) is 0 Å². The number of hydrogen-bond acceptors (Lipinski definition) is 3. The van der Waals surface area contributed by atoms with Crippen molar-refractivity contribution in [1.82, 2.24) is 10.3 Å². The predicted octanol–water partition coefficient (Wildman–Crippen LogP) is 5.65. The molecule has 5 heteroatoms. The first-order valence-electron chi connectivity index (χ1n) is 9.71. The lowest BCUT2D eigenvalue weighted by Crippen LogP contribution is -2.26. The van der Waals surface area contributed by atoms with E-state index < -0.39 is 0 Å². The summed E-state index contributed by atoms with van der Waals surface area (Å²) in [5, 5.41) is 3.88. The molecule has 4 aromatic rings. The highest BCUT2D eigenvalue weighted by Gasteiger charge is 2.14. The first-order valence-corrected chi connectivity index (χ1v) is 10.5. The lowest BCUT2D eigenvalue weighted by Gasteiger charge is -2.11. The van der Waals surface area contributed by atoms with E-state index in [1.807, 2.05) is 78.9 Å².